The van der Waals surface area contributed by atoms with Crippen molar-refractivity contribution >= 4 is 5.91 Å². The van der Waals surface area contributed by atoms with Crippen LogP contribution in [-0.2, 0) is 16.1 Å². The summed E-state index contributed by atoms with van der Waals surface area (Å²) in [7, 11) is 0. The van der Waals surface area contributed by atoms with Crippen molar-refractivity contribution in [3.05, 3.63) is 24.2 Å². The van der Waals surface area contributed by atoms with Gasteiger partial charge < -0.3 is 14.1 Å². The highest BCUT2D eigenvalue weighted by molar-refractivity contribution is 5.80. The Hall–Kier alpha value is -1.29. The number of amides is 1. The predicted octanol–water partition coefficient (Wildman–Crippen LogP) is 3.51. The summed E-state index contributed by atoms with van der Waals surface area (Å²) < 4.78 is 11.1. The van der Waals surface area contributed by atoms with Crippen LogP contribution in [0.3, 0.4) is 0 Å². The van der Waals surface area contributed by atoms with E-state index in [1.165, 1.54) is 19.3 Å². The number of carbonyl (C=O) groups is 1. The van der Waals surface area contributed by atoms with Crippen LogP contribution < -0.4 is 0 Å². The number of hydrogen-bond acceptors (Lipinski definition) is 3. The first-order valence-corrected chi connectivity index (χ1v) is 8.78. The van der Waals surface area contributed by atoms with Crippen molar-refractivity contribution in [1.82, 2.24) is 4.90 Å². The molecule has 3 heterocycles. The fraction of sp³-hybridized carbons (Fsp3) is 0.722. The fourth-order valence-electron chi connectivity index (χ4n) is 4.47. The quantitative estimate of drug-likeness (QED) is 0.855. The van der Waals surface area contributed by atoms with Gasteiger partial charge in [0.1, 0.15) is 0 Å². The van der Waals surface area contributed by atoms with Gasteiger partial charge in [-0.2, -0.15) is 0 Å². The fourth-order valence-corrected chi connectivity index (χ4v) is 4.47. The number of ether oxygens (including phenoxy) is 1. The van der Waals surface area contributed by atoms with Crippen molar-refractivity contribution < 1.29 is 13.9 Å². The van der Waals surface area contributed by atoms with E-state index in [2.05, 4.69) is 4.90 Å². The SMILES string of the molecule is O=C([C@H]1C[C@H]2CC[C@H]1O2)N(Cc1ccoc1)C1CCCCC1. The van der Waals surface area contributed by atoms with E-state index in [0.717, 1.165) is 37.7 Å². The van der Waals surface area contributed by atoms with Crippen molar-refractivity contribution in [2.75, 3.05) is 0 Å². The molecule has 1 aromatic heterocycles. The molecule has 4 rings (SSSR count). The Balaban J connectivity index is 1.51. The van der Waals surface area contributed by atoms with Crippen molar-refractivity contribution in [1.29, 1.82) is 0 Å². The third-order valence-electron chi connectivity index (χ3n) is 5.65. The number of fused-ring (bicyclic) bond motifs is 2. The Morgan fingerprint density at radius 2 is 2.05 bits per heavy atom. The Kier molecular flexibility index (Phi) is 3.95. The third kappa shape index (κ3) is 2.69. The molecule has 1 aromatic rings. The molecule has 0 aromatic carbocycles. The van der Waals surface area contributed by atoms with Crippen LogP contribution >= 0.6 is 0 Å². The molecule has 4 nitrogen and oxygen atoms in total. The summed E-state index contributed by atoms with van der Waals surface area (Å²) >= 11 is 0. The van der Waals surface area contributed by atoms with Gasteiger partial charge in [-0.3, -0.25) is 4.79 Å². The standard InChI is InChI=1S/C18H25NO3/c20-18(16-10-15-6-7-17(16)22-15)19(11-13-8-9-21-12-13)14-4-2-1-3-5-14/h8-9,12,14-17H,1-7,10-11H2/t15-,16+,17-/m1/s1. The van der Waals surface area contributed by atoms with E-state index < -0.39 is 0 Å². The van der Waals surface area contributed by atoms with Crippen LogP contribution in [0.4, 0.5) is 0 Å². The van der Waals surface area contributed by atoms with E-state index in [-0.39, 0.29) is 12.0 Å². The Labute approximate surface area is 131 Å². The van der Waals surface area contributed by atoms with Gasteiger partial charge in [0.2, 0.25) is 5.91 Å². The van der Waals surface area contributed by atoms with Crippen LogP contribution in [0, 0.1) is 5.92 Å². The maximum absolute atomic E-state index is 13.2. The number of furan rings is 1. The molecule has 3 aliphatic rings. The topological polar surface area (TPSA) is 42.7 Å². The summed E-state index contributed by atoms with van der Waals surface area (Å²) in [5.41, 5.74) is 1.10. The highest BCUT2D eigenvalue weighted by Gasteiger charge is 2.46. The van der Waals surface area contributed by atoms with Crippen molar-refractivity contribution in [3.8, 4) is 0 Å². The normalized spacial score (nSPS) is 31.5. The lowest BCUT2D eigenvalue weighted by Gasteiger charge is -2.36. The lowest BCUT2D eigenvalue weighted by atomic mass is 9.86. The summed E-state index contributed by atoms with van der Waals surface area (Å²) in [6, 6.07) is 2.37. The first-order valence-electron chi connectivity index (χ1n) is 8.78. The van der Waals surface area contributed by atoms with Crippen LogP contribution in [0.5, 0.6) is 0 Å². The van der Waals surface area contributed by atoms with E-state index in [4.69, 9.17) is 9.15 Å². The second-order valence-corrected chi connectivity index (χ2v) is 7.11. The van der Waals surface area contributed by atoms with E-state index in [9.17, 15) is 4.79 Å². The average molecular weight is 303 g/mol. The first-order chi connectivity index (χ1) is 10.8. The summed E-state index contributed by atoms with van der Waals surface area (Å²) in [5.74, 6) is 0.410. The molecule has 2 aliphatic heterocycles. The molecule has 1 saturated carbocycles. The minimum absolute atomic E-state index is 0.0903. The van der Waals surface area contributed by atoms with Crippen LogP contribution in [0.25, 0.3) is 0 Å². The van der Waals surface area contributed by atoms with Gasteiger partial charge in [0, 0.05) is 18.2 Å². The molecule has 120 valence electrons. The lowest BCUT2D eigenvalue weighted by Crippen LogP contribution is -2.46. The van der Waals surface area contributed by atoms with Crippen LogP contribution in [0.2, 0.25) is 0 Å². The minimum Gasteiger partial charge on any atom is -0.472 e. The molecule has 0 spiro atoms. The van der Waals surface area contributed by atoms with Crippen LogP contribution in [0.1, 0.15) is 56.9 Å². The zero-order chi connectivity index (χ0) is 14.9. The number of nitrogens with zero attached hydrogens (tertiary/aromatic N) is 1. The lowest BCUT2D eigenvalue weighted by molar-refractivity contribution is -0.141. The molecule has 0 unspecified atom stereocenters. The van der Waals surface area contributed by atoms with Gasteiger partial charge in [-0.15, -0.1) is 0 Å². The van der Waals surface area contributed by atoms with Gasteiger partial charge in [0.15, 0.2) is 0 Å². The minimum atomic E-state index is 0.0903. The van der Waals surface area contributed by atoms with Gasteiger partial charge in [0.25, 0.3) is 0 Å². The molecule has 0 N–H and O–H groups in total. The zero-order valence-electron chi connectivity index (χ0n) is 13.1. The maximum atomic E-state index is 13.2. The summed E-state index contributed by atoms with van der Waals surface area (Å²) in [4.78, 5) is 15.3. The smallest absolute Gasteiger partial charge is 0.228 e. The second-order valence-electron chi connectivity index (χ2n) is 7.11. The Morgan fingerprint density at radius 1 is 1.18 bits per heavy atom. The van der Waals surface area contributed by atoms with Crippen LogP contribution in [0.15, 0.2) is 23.0 Å². The molecule has 1 amide bonds. The van der Waals surface area contributed by atoms with Crippen molar-refractivity contribution in [2.45, 2.75) is 76.2 Å². The van der Waals surface area contributed by atoms with Gasteiger partial charge >= 0.3 is 0 Å². The number of hydrogen-bond donors (Lipinski definition) is 0. The maximum Gasteiger partial charge on any atom is 0.228 e. The molecule has 1 aliphatic carbocycles. The van der Waals surface area contributed by atoms with Gasteiger partial charge in [-0.1, -0.05) is 19.3 Å². The molecule has 4 heteroatoms. The largest absolute Gasteiger partial charge is 0.472 e. The number of carbonyl (C=O) groups excluding carboxylic acids is 1. The molecular weight excluding hydrogens is 278 g/mol. The Morgan fingerprint density at radius 3 is 2.68 bits per heavy atom. The highest BCUT2D eigenvalue weighted by Crippen LogP contribution is 2.40. The predicted molar refractivity (Wildman–Crippen MR) is 82.1 cm³/mol. The monoisotopic (exact) mass is 303 g/mol. The molecule has 2 bridgehead atoms. The van der Waals surface area contributed by atoms with Gasteiger partial charge in [-0.25, -0.2) is 0 Å². The summed E-state index contributed by atoms with van der Waals surface area (Å²) in [5, 5.41) is 0. The molecule has 0 radical (unpaired) electrons. The zero-order valence-corrected chi connectivity index (χ0v) is 13.1. The number of rotatable bonds is 4. The van der Waals surface area contributed by atoms with E-state index in [1.807, 2.05) is 6.07 Å². The van der Waals surface area contributed by atoms with E-state index in [0.29, 0.717) is 24.6 Å². The van der Waals surface area contributed by atoms with Crippen LogP contribution in [-0.4, -0.2) is 29.1 Å². The van der Waals surface area contributed by atoms with Gasteiger partial charge in [0.05, 0.1) is 30.7 Å². The van der Waals surface area contributed by atoms with Crippen molar-refractivity contribution in [2.24, 2.45) is 5.92 Å². The third-order valence-corrected chi connectivity index (χ3v) is 5.65. The second kappa shape index (κ2) is 6.07. The summed E-state index contributed by atoms with van der Waals surface area (Å²) in [6.07, 6.45) is 13.2. The molecule has 22 heavy (non-hydrogen) atoms. The average Bonchev–Trinajstić information content (AvgIpc) is 3.30. The summed E-state index contributed by atoms with van der Waals surface area (Å²) in [6.45, 7) is 0.688. The molecule has 2 saturated heterocycles. The Bertz CT molecular complexity index is 506. The molecule has 3 atom stereocenters. The van der Waals surface area contributed by atoms with Crippen molar-refractivity contribution in [3.63, 3.8) is 0 Å². The molecule has 3 fully saturated rings. The van der Waals surface area contributed by atoms with E-state index >= 15 is 0 Å². The highest BCUT2D eigenvalue weighted by atomic mass is 16.5. The van der Waals surface area contributed by atoms with Gasteiger partial charge in [-0.05, 0) is 38.2 Å². The molecular formula is C18H25NO3. The first kappa shape index (κ1) is 14.3. The van der Waals surface area contributed by atoms with E-state index in [1.54, 1.807) is 12.5 Å².